The second-order valence-corrected chi connectivity index (χ2v) is 4.12. The highest BCUT2D eigenvalue weighted by molar-refractivity contribution is 5.26. The summed E-state index contributed by atoms with van der Waals surface area (Å²) >= 11 is 0. The fourth-order valence-corrected chi connectivity index (χ4v) is 1.63. The van der Waals surface area contributed by atoms with E-state index in [-0.39, 0.29) is 0 Å². The number of hydrogen-bond acceptors (Lipinski definition) is 3. The van der Waals surface area contributed by atoms with Crippen LogP contribution in [0, 0.1) is 0 Å². The lowest BCUT2D eigenvalue weighted by molar-refractivity contribution is 0.664. The Morgan fingerprint density at radius 1 is 1.38 bits per heavy atom. The van der Waals surface area contributed by atoms with Crippen LogP contribution in [-0.2, 0) is 6.54 Å². The molecule has 2 aromatic rings. The zero-order valence-electron chi connectivity index (χ0n) is 9.00. The minimum absolute atomic E-state index is 0.726. The molecule has 0 aliphatic heterocycles. The van der Waals surface area contributed by atoms with E-state index in [0.29, 0.717) is 0 Å². The van der Waals surface area contributed by atoms with E-state index >= 15 is 0 Å². The average Bonchev–Trinajstić information content (AvgIpc) is 3.05. The second kappa shape index (κ2) is 4.06. The Hall–Kier alpha value is -1.68. The fraction of sp³-hybridized carbons (Fsp3) is 0.333. The van der Waals surface area contributed by atoms with Crippen molar-refractivity contribution in [3.05, 3.63) is 42.5 Å². The van der Waals surface area contributed by atoms with E-state index in [1.165, 1.54) is 12.8 Å². The lowest BCUT2D eigenvalue weighted by atomic mass is 10.4. The maximum Gasteiger partial charge on any atom is 0.0828 e. The Labute approximate surface area is 94.3 Å². The van der Waals surface area contributed by atoms with E-state index in [1.807, 2.05) is 35.3 Å². The predicted molar refractivity (Wildman–Crippen MR) is 61.2 cm³/mol. The standard InChI is InChI=1S/C12H14N4/c1-2-12(9-13-6-1)16-7-5-11(15-16)8-14-10-3-4-10/h1-2,5-7,9-10,14H,3-4,8H2. The first-order valence-corrected chi connectivity index (χ1v) is 5.60. The molecule has 0 atom stereocenters. The molecule has 0 amide bonds. The lowest BCUT2D eigenvalue weighted by Gasteiger charge is -2.00. The first kappa shape index (κ1) is 9.54. The molecule has 1 saturated carbocycles. The smallest absolute Gasteiger partial charge is 0.0828 e. The third kappa shape index (κ3) is 2.12. The maximum absolute atomic E-state index is 4.49. The molecule has 0 aromatic carbocycles. The minimum atomic E-state index is 0.726. The van der Waals surface area contributed by atoms with Crippen molar-refractivity contribution in [2.24, 2.45) is 0 Å². The van der Waals surface area contributed by atoms with Crippen LogP contribution in [0.25, 0.3) is 5.69 Å². The number of nitrogens with zero attached hydrogens (tertiary/aromatic N) is 3. The van der Waals surface area contributed by atoms with Gasteiger partial charge in [0.2, 0.25) is 0 Å². The van der Waals surface area contributed by atoms with Gasteiger partial charge in [-0.05, 0) is 31.0 Å². The summed E-state index contributed by atoms with van der Waals surface area (Å²) in [6.45, 7) is 0.859. The van der Waals surface area contributed by atoms with Crippen molar-refractivity contribution in [3.63, 3.8) is 0 Å². The molecule has 1 N–H and O–H groups in total. The van der Waals surface area contributed by atoms with Crippen LogP contribution in [0.3, 0.4) is 0 Å². The summed E-state index contributed by atoms with van der Waals surface area (Å²) < 4.78 is 1.86. The van der Waals surface area contributed by atoms with Gasteiger partial charge in [0.15, 0.2) is 0 Å². The summed E-state index contributed by atoms with van der Waals surface area (Å²) in [5.41, 5.74) is 2.08. The summed E-state index contributed by atoms with van der Waals surface area (Å²) in [4.78, 5) is 4.08. The van der Waals surface area contributed by atoms with E-state index in [4.69, 9.17) is 0 Å². The van der Waals surface area contributed by atoms with E-state index in [1.54, 1.807) is 6.20 Å². The molecule has 2 aromatic heterocycles. The van der Waals surface area contributed by atoms with Gasteiger partial charge in [0.05, 0.1) is 17.6 Å². The first-order valence-electron chi connectivity index (χ1n) is 5.60. The third-order valence-corrected chi connectivity index (χ3v) is 2.70. The topological polar surface area (TPSA) is 42.7 Å². The van der Waals surface area contributed by atoms with Gasteiger partial charge < -0.3 is 5.32 Å². The van der Waals surface area contributed by atoms with Crippen molar-refractivity contribution in [1.29, 1.82) is 0 Å². The van der Waals surface area contributed by atoms with Crippen LogP contribution in [-0.4, -0.2) is 20.8 Å². The first-order chi connectivity index (χ1) is 7.92. The van der Waals surface area contributed by atoms with Crippen molar-refractivity contribution in [2.45, 2.75) is 25.4 Å². The largest absolute Gasteiger partial charge is 0.308 e. The lowest BCUT2D eigenvalue weighted by Crippen LogP contribution is -2.15. The van der Waals surface area contributed by atoms with Crippen LogP contribution in [0.1, 0.15) is 18.5 Å². The molecule has 1 aliphatic carbocycles. The zero-order chi connectivity index (χ0) is 10.8. The summed E-state index contributed by atoms with van der Waals surface area (Å²) in [5, 5.41) is 7.94. The number of aromatic nitrogens is 3. The Bertz CT molecular complexity index is 459. The Kier molecular flexibility index (Phi) is 2.42. The normalized spacial score (nSPS) is 15.2. The molecular weight excluding hydrogens is 200 g/mol. The Morgan fingerprint density at radius 2 is 2.31 bits per heavy atom. The molecule has 0 unspecified atom stereocenters. The van der Waals surface area contributed by atoms with Gasteiger partial charge in [-0.25, -0.2) is 4.68 Å². The molecule has 0 radical (unpaired) electrons. The Balaban J connectivity index is 1.71. The molecule has 16 heavy (non-hydrogen) atoms. The van der Waals surface area contributed by atoms with Crippen LogP contribution in [0.4, 0.5) is 0 Å². The summed E-state index contributed by atoms with van der Waals surface area (Å²) in [6, 6.07) is 6.68. The van der Waals surface area contributed by atoms with Gasteiger partial charge in [-0.2, -0.15) is 5.10 Å². The highest BCUT2D eigenvalue weighted by Gasteiger charge is 2.20. The van der Waals surface area contributed by atoms with Gasteiger partial charge in [0.25, 0.3) is 0 Å². The zero-order valence-corrected chi connectivity index (χ0v) is 9.00. The number of nitrogens with one attached hydrogen (secondary N) is 1. The van der Waals surface area contributed by atoms with Gasteiger partial charge in [-0.3, -0.25) is 4.98 Å². The molecule has 1 fully saturated rings. The van der Waals surface area contributed by atoms with Crippen molar-refractivity contribution in [3.8, 4) is 5.69 Å². The van der Waals surface area contributed by atoms with Crippen molar-refractivity contribution in [1.82, 2.24) is 20.1 Å². The Morgan fingerprint density at radius 3 is 3.06 bits per heavy atom. The molecule has 0 bridgehead atoms. The van der Waals surface area contributed by atoms with Crippen molar-refractivity contribution < 1.29 is 0 Å². The van der Waals surface area contributed by atoms with Crippen LogP contribution < -0.4 is 5.32 Å². The molecule has 1 aliphatic rings. The van der Waals surface area contributed by atoms with Gasteiger partial charge in [0, 0.05) is 25.0 Å². The van der Waals surface area contributed by atoms with Gasteiger partial charge >= 0.3 is 0 Å². The number of pyridine rings is 1. The van der Waals surface area contributed by atoms with Crippen LogP contribution in [0.2, 0.25) is 0 Å². The van der Waals surface area contributed by atoms with Crippen molar-refractivity contribution in [2.75, 3.05) is 0 Å². The second-order valence-electron chi connectivity index (χ2n) is 4.12. The van der Waals surface area contributed by atoms with E-state index in [2.05, 4.69) is 15.4 Å². The SMILES string of the molecule is c1cncc(-n2ccc(CNC3CC3)n2)c1. The molecule has 0 saturated heterocycles. The predicted octanol–water partition coefficient (Wildman–Crippen LogP) is 1.52. The van der Waals surface area contributed by atoms with Crippen LogP contribution >= 0.6 is 0 Å². The van der Waals surface area contributed by atoms with Gasteiger partial charge in [-0.15, -0.1) is 0 Å². The van der Waals surface area contributed by atoms with Crippen LogP contribution in [0.5, 0.6) is 0 Å². The molecule has 3 rings (SSSR count). The summed E-state index contributed by atoms with van der Waals surface area (Å²) in [7, 11) is 0. The summed E-state index contributed by atoms with van der Waals surface area (Å²) in [5.74, 6) is 0. The van der Waals surface area contributed by atoms with Gasteiger partial charge in [-0.1, -0.05) is 0 Å². The van der Waals surface area contributed by atoms with E-state index in [9.17, 15) is 0 Å². The molecule has 2 heterocycles. The molecule has 82 valence electrons. The average molecular weight is 214 g/mol. The summed E-state index contributed by atoms with van der Waals surface area (Å²) in [6.07, 6.45) is 8.17. The van der Waals surface area contributed by atoms with E-state index in [0.717, 1.165) is 24.0 Å². The molecule has 0 spiro atoms. The van der Waals surface area contributed by atoms with E-state index < -0.39 is 0 Å². The highest BCUT2D eigenvalue weighted by atomic mass is 15.3. The monoisotopic (exact) mass is 214 g/mol. The van der Waals surface area contributed by atoms with Crippen molar-refractivity contribution >= 4 is 0 Å². The maximum atomic E-state index is 4.49. The minimum Gasteiger partial charge on any atom is -0.308 e. The number of hydrogen-bond donors (Lipinski definition) is 1. The van der Waals surface area contributed by atoms with Gasteiger partial charge in [0.1, 0.15) is 0 Å². The molecule has 4 nitrogen and oxygen atoms in total. The highest BCUT2D eigenvalue weighted by Crippen LogP contribution is 2.19. The number of rotatable bonds is 4. The molecular formula is C12H14N4. The molecule has 4 heteroatoms. The third-order valence-electron chi connectivity index (χ3n) is 2.70. The van der Waals surface area contributed by atoms with Crippen LogP contribution in [0.15, 0.2) is 36.8 Å². The quantitative estimate of drug-likeness (QED) is 0.839. The fourth-order valence-electron chi connectivity index (χ4n) is 1.63.